The van der Waals surface area contributed by atoms with E-state index in [4.69, 9.17) is 4.74 Å². The Morgan fingerprint density at radius 2 is 2.12 bits per heavy atom. The molecule has 0 unspecified atom stereocenters. The molecule has 2 heterocycles. The molecule has 2 rings (SSSR count). The van der Waals surface area contributed by atoms with Gasteiger partial charge in [-0.1, -0.05) is 13.3 Å². The fourth-order valence-corrected chi connectivity index (χ4v) is 1.90. The molecule has 0 aromatic carbocycles. The number of aryl methyl sites for hydroxylation is 1. The minimum Gasteiger partial charge on any atom is -0.378 e. The first-order chi connectivity index (χ1) is 8.33. The van der Waals surface area contributed by atoms with Crippen molar-refractivity contribution in [3.63, 3.8) is 0 Å². The first-order valence-corrected chi connectivity index (χ1v) is 6.22. The van der Waals surface area contributed by atoms with Crippen molar-refractivity contribution in [3.8, 4) is 0 Å². The minimum atomic E-state index is 0.760. The van der Waals surface area contributed by atoms with E-state index in [9.17, 15) is 0 Å². The molecule has 1 aromatic rings. The second-order valence-corrected chi connectivity index (χ2v) is 4.14. The summed E-state index contributed by atoms with van der Waals surface area (Å²) in [6.45, 7) is 5.43. The van der Waals surface area contributed by atoms with Crippen LogP contribution in [-0.2, 0) is 11.2 Å². The van der Waals surface area contributed by atoms with Gasteiger partial charge in [0.25, 0.3) is 0 Å². The Labute approximate surface area is 102 Å². The summed E-state index contributed by atoms with van der Waals surface area (Å²) in [5.41, 5.74) is 1.10. The van der Waals surface area contributed by atoms with Crippen LogP contribution in [0.4, 0.5) is 11.8 Å². The zero-order valence-electron chi connectivity index (χ0n) is 10.6. The highest BCUT2D eigenvalue weighted by Gasteiger charge is 2.15. The molecule has 0 saturated carbocycles. The van der Waals surface area contributed by atoms with Gasteiger partial charge in [-0.15, -0.1) is 0 Å². The van der Waals surface area contributed by atoms with Crippen molar-refractivity contribution < 1.29 is 4.74 Å². The van der Waals surface area contributed by atoms with Gasteiger partial charge in [-0.3, -0.25) is 0 Å². The lowest BCUT2D eigenvalue weighted by Crippen LogP contribution is -2.37. The Bertz CT molecular complexity index is 364. The highest BCUT2D eigenvalue weighted by atomic mass is 16.5. The lowest BCUT2D eigenvalue weighted by molar-refractivity contribution is 0.122. The van der Waals surface area contributed by atoms with E-state index >= 15 is 0 Å². The molecule has 1 aliphatic heterocycles. The molecule has 0 atom stereocenters. The highest BCUT2D eigenvalue weighted by molar-refractivity contribution is 5.43. The van der Waals surface area contributed by atoms with Crippen LogP contribution in [0.2, 0.25) is 0 Å². The topological polar surface area (TPSA) is 50.3 Å². The van der Waals surface area contributed by atoms with Crippen LogP contribution >= 0.6 is 0 Å². The van der Waals surface area contributed by atoms with Crippen LogP contribution in [0.1, 0.15) is 19.0 Å². The largest absolute Gasteiger partial charge is 0.378 e. The molecule has 5 nitrogen and oxygen atoms in total. The number of nitrogens with one attached hydrogen (secondary N) is 1. The van der Waals surface area contributed by atoms with Gasteiger partial charge in [-0.2, -0.15) is 4.98 Å². The van der Waals surface area contributed by atoms with Crippen LogP contribution in [-0.4, -0.2) is 43.3 Å². The fourth-order valence-electron chi connectivity index (χ4n) is 1.90. The van der Waals surface area contributed by atoms with Crippen LogP contribution in [0.25, 0.3) is 0 Å². The van der Waals surface area contributed by atoms with Crippen LogP contribution in [0.3, 0.4) is 0 Å². The maximum Gasteiger partial charge on any atom is 0.227 e. The van der Waals surface area contributed by atoms with Gasteiger partial charge in [0.15, 0.2) is 0 Å². The molecule has 1 N–H and O–H groups in total. The van der Waals surface area contributed by atoms with Gasteiger partial charge in [0, 0.05) is 31.9 Å². The lowest BCUT2D eigenvalue weighted by atomic mass is 10.2. The number of ether oxygens (including phenoxy) is 1. The van der Waals surface area contributed by atoms with Gasteiger partial charge in [-0.05, 0) is 6.42 Å². The number of morpholine rings is 1. The molecule has 1 saturated heterocycles. The van der Waals surface area contributed by atoms with E-state index in [1.807, 2.05) is 13.1 Å². The molecule has 0 bridgehead atoms. The average Bonchev–Trinajstić information content (AvgIpc) is 2.40. The molecule has 1 aromatic heterocycles. The van der Waals surface area contributed by atoms with Gasteiger partial charge in [0.2, 0.25) is 5.95 Å². The monoisotopic (exact) mass is 236 g/mol. The Hall–Kier alpha value is -1.36. The number of hydrogen-bond donors (Lipinski definition) is 1. The van der Waals surface area contributed by atoms with Gasteiger partial charge >= 0.3 is 0 Å². The summed E-state index contributed by atoms with van der Waals surface area (Å²) in [7, 11) is 1.89. The van der Waals surface area contributed by atoms with Crippen LogP contribution in [0.15, 0.2) is 6.07 Å². The molecular weight excluding hydrogens is 216 g/mol. The summed E-state index contributed by atoms with van der Waals surface area (Å²) >= 11 is 0. The third-order valence-electron chi connectivity index (χ3n) is 2.82. The maximum absolute atomic E-state index is 5.34. The Morgan fingerprint density at radius 1 is 1.35 bits per heavy atom. The zero-order chi connectivity index (χ0) is 12.1. The minimum absolute atomic E-state index is 0.760. The van der Waals surface area contributed by atoms with Crippen LogP contribution in [0.5, 0.6) is 0 Å². The molecule has 17 heavy (non-hydrogen) atoms. The quantitative estimate of drug-likeness (QED) is 0.854. The van der Waals surface area contributed by atoms with Crippen molar-refractivity contribution in [1.29, 1.82) is 0 Å². The third-order valence-corrected chi connectivity index (χ3v) is 2.82. The summed E-state index contributed by atoms with van der Waals surface area (Å²) in [5, 5.41) is 3.10. The van der Waals surface area contributed by atoms with Crippen LogP contribution in [0, 0.1) is 0 Å². The summed E-state index contributed by atoms with van der Waals surface area (Å²) in [4.78, 5) is 11.3. The summed E-state index contributed by atoms with van der Waals surface area (Å²) in [6.07, 6.45) is 2.09. The van der Waals surface area contributed by atoms with E-state index in [1.165, 1.54) is 0 Å². The molecule has 1 aliphatic rings. The molecule has 94 valence electrons. The summed E-state index contributed by atoms with van der Waals surface area (Å²) in [5.74, 6) is 1.72. The molecular formula is C12H20N4O. The summed E-state index contributed by atoms with van der Waals surface area (Å²) in [6, 6.07) is 2.02. The molecule has 0 amide bonds. The van der Waals surface area contributed by atoms with Gasteiger partial charge in [0.05, 0.1) is 13.2 Å². The number of rotatable bonds is 4. The SMILES string of the molecule is CCCc1cc(NC)nc(N2CCOCC2)n1. The molecule has 0 radical (unpaired) electrons. The first kappa shape index (κ1) is 12.1. The number of anilines is 2. The van der Waals surface area contributed by atoms with E-state index in [-0.39, 0.29) is 0 Å². The van der Waals surface area contributed by atoms with Crippen molar-refractivity contribution in [1.82, 2.24) is 9.97 Å². The highest BCUT2D eigenvalue weighted by Crippen LogP contribution is 2.15. The van der Waals surface area contributed by atoms with E-state index in [0.29, 0.717) is 0 Å². The smallest absolute Gasteiger partial charge is 0.227 e. The van der Waals surface area contributed by atoms with Crippen LogP contribution < -0.4 is 10.2 Å². The van der Waals surface area contributed by atoms with E-state index < -0.39 is 0 Å². The first-order valence-electron chi connectivity index (χ1n) is 6.22. The Kier molecular flexibility index (Phi) is 4.14. The van der Waals surface area contributed by atoms with E-state index in [2.05, 4.69) is 27.1 Å². The predicted molar refractivity (Wildman–Crippen MR) is 68.6 cm³/mol. The average molecular weight is 236 g/mol. The van der Waals surface area contributed by atoms with E-state index in [0.717, 1.165) is 56.6 Å². The standard InChI is InChI=1S/C12H20N4O/c1-3-4-10-9-11(13-2)15-12(14-10)16-5-7-17-8-6-16/h9H,3-8H2,1-2H3,(H,13,14,15). The van der Waals surface area contributed by atoms with Gasteiger partial charge in [-0.25, -0.2) is 4.98 Å². The predicted octanol–water partition coefficient (Wildman–Crippen LogP) is 1.31. The van der Waals surface area contributed by atoms with Gasteiger partial charge in [0.1, 0.15) is 5.82 Å². The van der Waals surface area contributed by atoms with E-state index in [1.54, 1.807) is 0 Å². The normalized spacial score (nSPS) is 16.0. The molecule has 5 heteroatoms. The number of hydrogen-bond acceptors (Lipinski definition) is 5. The Morgan fingerprint density at radius 3 is 2.76 bits per heavy atom. The fraction of sp³-hybridized carbons (Fsp3) is 0.667. The second-order valence-electron chi connectivity index (χ2n) is 4.14. The number of nitrogens with zero attached hydrogens (tertiary/aromatic N) is 3. The second kappa shape index (κ2) is 5.82. The molecule has 1 fully saturated rings. The maximum atomic E-state index is 5.34. The zero-order valence-corrected chi connectivity index (χ0v) is 10.6. The van der Waals surface area contributed by atoms with Crippen molar-refractivity contribution in [3.05, 3.63) is 11.8 Å². The van der Waals surface area contributed by atoms with Crippen molar-refractivity contribution in [2.24, 2.45) is 0 Å². The molecule has 0 spiro atoms. The number of aromatic nitrogens is 2. The summed E-state index contributed by atoms with van der Waals surface area (Å²) < 4.78 is 5.34. The lowest BCUT2D eigenvalue weighted by Gasteiger charge is -2.27. The van der Waals surface area contributed by atoms with Crippen molar-refractivity contribution in [2.75, 3.05) is 43.6 Å². The third kappa shape index (κ3) is 3.06. The van der Waals surface area contributed by atoms with Crippen molar-refractivity contribution in [2.45, 2.75) is 19.8 Å². The Balaban J connectivity index is 2.21. The van der Waals surface area contributed by atoms with Gasteiger partial charge < -0.3 is 15.0 Å². The van der Waals surface area contributed by atoms with Crippen molar-refractivity contribution >= 4 is 11.8 Å². The molecule has 0 aliphatic carbocycles.